The summed E-state index contributed by atoms with van der Waals surface area (Å²) in [6, 6.07) is 1.10. The van der Waals surface area contributed by atoms with Gasteiger partial charge in [-0.05, 0) is 0 Å². The monoisotopic (exact) mass is 126 g/mol. The molecule has 0 saturated carbocycles. The summed E-state index contributed by atoms with van der Waals surface area (Å²) in [7, 11) is 0. The summed E-state index contributed by atoms with van der Waals surface area (Å²) < 4.78 is 21.3. The Morgan fingerprint density at radius 1 is 1.67 bits per heavy atom. The van der Waals surface area contributed by atoms with Crippen LogP contribution in [0.3, 0.4) is 0 Å². The topological polar surface area (TPSA) is 43.1 Å². The third-order valence-electron chi connectivity index (χ3n) is 0.784. The quantitative estimate of drug-likeness (QED) is 0.423. The van der Waals surface area contributed by atoms with Gasteiger partial charge in [-0.2, -0.15) is 0 Å². The van der Waals surface area contributed by atoms with Crippen LogP contribution in [0.2, 0.25) is 0 Å². The Morgan fingerprint density at radius 2 is 2.44 bits per heavy atom. The Kier molecular flexibility index (Phi) is 0.743. The standard InChI is InChI=1S/C6H5NO2/c8-7(9)6-4-2-1-3-5-6/h1-5H/i1D,2D,4D. The van der Waals surface area contributed by atoms with E-state index in [1.807, 2.05) is 0 Å². The first-order valence-corrected chi connectivity index (χ1v) is 2.25. The van der Waals surface area contributed by atoms with Crippen molar-refractivity contribution in [2.24, 2.45) is 0 Å². The molecule has 46 valence electrons. The molecule has 0 aliphatic carbocycles. The van der Waals surface area contributed by atoms with E-state index in [2.05, 4.69) is 0 Å². The maximum absolute atomic E-state index is 10.2. The fourth-order valence-electron chi connectivity index (χ4n) is 0.411. The third-order valence-corrected chi connectivity index (χ3v) is 0.784. The minimum atomic E-state index is -0.736. The third kappa shape index (κ3) is 1.25. The number of nitrogens with zero attached hydrogens (tertiary/aromatic N) is 1. The number of benzene rings is 1. The normalized spacial score (nSPS) is 13.6. The molecular weight excluding hydrogens is 118 g/mol. The molecule has 3 nitrogen and oxygen atoms in total. The number of hydrogen-bond acceptors (Lipinski definition) is 2. The molecule has 0 bridgehead atoms. The molecule has 0 N–H and O–H groups in total. The van der Waals surface area contributed by atoms with E-state index in [1.165, 1.54) is 0 Å². The van der Waals surface area contributed by atoms with Gasteiger partial charge in [0.2, 0.25) is 0 Å². The van der Waals surface area contributed by atoms with Crippen LogP contribution in [0.4, 0.5) is 5.69 Å². The van der Waals surface area contributed by atoms with Crippen molar-refractivity contribution in [1.29, 1.82) is 0 Å². The van der Waals surface area contributed by atoms with Crippen LogP contribution in [0.5, 0.6) is 0 Å². The first-order chi connectivity index (χ1) is 5.54. The average Bonchev–Trinajstić information content (AvgIpc) is 2.00. The molecule has 0 aromatic heterocycles. The zero-order valence-electron chi connectivity index (χ0n) is 7.42. The van der Waals surface area contributed by atoms with Crippen molar-refractivity contribution in [3.8, 4) is 0 Å². The van der Waals surface area contributed by atoms with Crippen molar-refractivity contribution >= 4 is 5.69 Å². The summed E-state index contributed by atoms with van der Waals surface area (Å²) in [5, 5.41) is 10.2. The van der Waals surface area contributed by atoms with Gasteiger partial charge in [0.15, 0.2) is 0 Å². The minimum Gasteiger partial charge on any atom is -0.258 e. The number of hydrogen-bond donors (Lipinski definition) is 0. The second-order valence-corrected chi connectivity index (χ2v) is 1.37. The highest BCUT2D eigenvalue weighted by Gasteiger charge is 1.98. The molecule has 0 aliphatic rings. The largest absolute Gasteiger partial charge is 0.269 e. The van der Waals surface area contributed by atoms with Gasteiger partial charge >= 0.3 is 0 Å². The van der Waals surface area contributed by atoms with Crippen molar-refractivity contribution < 1.29 is 9.04 Å². The Balaban J connectivity index is 3.36. The number of nitro benzene ring substituents is 1. The van der Waals surface area contributed by atoms with Crippen LogP contribution in [-0.2, 0) is 0 Å². The highest BCUT2D eigenvalue weighted by Crippen LogP contribution is 2.06. The molecule has 0 atom stereocenters. The Bertz CT molecular complexity index is 340. The van der Waals surface area contributed by atoms with Gasteiger partial charge in [-0.15, -0.1) is 0 Å². The molecule has 0 radical (unpaired) electrons. The van der Waals surface area contributed by atoms with Crippen molar-refractivity contribution in [3.05, 3.63) is 40.4 Å². The molecular formula is C6H5NO2. The highest BCUT2D eigenvalue weighted by molar-refractivity contribution is 5.27. The van der Waals surface area contributed by atoms with Crippen LogP contribution in [0.1, 0.15) is 4.11 Å². The van der Waals surface area contributed by atoms with Crippen molar-refractivity contribution in [1.82, 2.24) is 0 Å². The van der Waals surface area contributed by atoms with Crippen LogP contribution >= 0.6 is 0 Å². The molecule has 0 fully saturated rings. The van der Waals surface area contributed by atoms with E-state index in [-0.39, 0.29) is 6.04 Å². The van der Waals surface area contributed by atoms with E-state index in [0.717, 1.165) is 12.1 Å². The molecule has 1 aromatic carbocycles. The molecule has 1 rings (SSSR count). The Morgan fingerprint density at radius 3 is 3.11 bits per heavy atom. The summed E-state index contributed by atoms with van der Waals surface area (Å²) in [6.07, 6.45) is 0. The predicted octanol–water partition coefficient (Wildman–Crippen LogP) is 1.59. The second kappa shape index (κ2) is 2.26. The van der Waals surface area contributed by atoms with Crippen LogP contribution in [0.25, 0.3) is 0 Å². The smallest absolute Gasteiger partial charge is 0.258 e. The van der Waals surface area contributed by atoms with Gasteiger partial charge in [0.1, 0.15) is 0 Å². The maximum Gasteiger partial charge on any atom is 0.269 e. The van der Waals surface area contributed by atoms with Gasteiger partial charge in [0.25, 0.3) is 5.69 Å². The zero-order chi connectivity index (χ0) is 9.30. The summed E-state index contributed by atoms with van der Waals surface area (Å²) >= 11 is 0. The summed E-state index contributed by atoms with van der Waals surface area (Å²) in [5.74, 6) is 0. The first kappa shape index (κ1) is 2.96. The lowest BCUT2D eigenvalue weighted by Gasteiger charge is -1.85. The van der Waals surface area contributed by atoms with Crippen molar-refractivity contribution in [2.75, 3.05) is 0 Å². The first-order valence-electron chi connectivity index (χ1n) is 3.75. The van der Waals surface area contributed by atoms with E-state index in [0.29, 0.717) is 0 Å². The molecule has 0 unspecified atom stereocenters. The summed E-state index contributed by atoms with van der Waals surface area (Å²) in [6.45, 7) is 0. The van der Waals surface area contributed by atoms with E-state index in [1.54, 1.807) is 0 Å². The van der Waals surface area contributed by atoms with Crippen molar-refractivity contribution in [2.45, 2.75) is 0 Å². The minimum absolute atomic E-state index is 0.175. The second-order valence-electron chi connectivity index (χ2n) is 1.37. The van der Waals surface area contributed by atoms with Gasteiger partial charge in [-0.3, -0.25) is 10.1 Å². The van der Waals surface area contributed by atoms with Crippen LogP contribution in [-0.4, -0.2) is 4.92 Å². The molecule has 0 heterocycles. The zero-order valence-corrected chi connectivity index (χ0v) is 4.42. The van der Waals surface area contributed by atoms with Gasteiger partial charge < -0.3 is 0 Å². The number of nitro groups is 1. The average molecular weight is 126 g/mol. The van der Waals surface area contributed by atoms with E-state index >= 15 is 0 Å². The fraction of sp³-hybridized carbons (Fsp3) is 0. The lowest BCUT2D eigenvalue weighted by molar-refractivity contribution is -0.384. The van der Waals surface area contributed by atoms with Gasteiger partial charge in [-0.1, -0.05) is 18.2 Å². The molecule has 0 amide bonds. The number of rotatable bonds is 1. The van der Waals surface area contributed by atoms with Crippen LogP contribution in [0, 0.1) is 10.1 Å². The number of para-hydroxylation sites is 1. The van der Waals surface area contributed by atoms with E-state index in [9.17, 15) is 10.1 Å². The fourth-order valence-corrected chi connectivity index (χ4v) is 0.411. The Labute approximate surface area is 56.3 Å². The van der Waals surface area contributed by atoms with Gasteiger partial charge in [0, 0.05) is 12.1 Å². The lowest BCUT2D eigenvalue weighted by atomic mass is 10.3. The van der Waals surface area contributed by atoms with Gasteiger partial charge in [-0.25, -0.2) is 0 Å². The summed E-state index contributed by atoms with van der Waals surface area (Å²) in [5.41, 5.74) is -0.434. The summed E-state index contributed by atoms with van der Waals surface area (Å²) in [4.78, 5) is 9.49. The molecule has 0 saturated heterocycles. The maximum atomic E-state index is 10.2. The molecule has 0 aliphatic heterocycles. The molecule has 0 spiro atoms. The SMILES string of the molecule is [2H]c1ccc([N+](=O)[O-])c([2H])c1[2H]. The van der Waals surface area contributed by atoms with Gasteiger partial charge in [0.05, 0.1) is 9.04 Å². The van der Waals surface area contributed by atoms with E-state index < -0.39 is 22.7 Å². The molecule has 9 heavy (non-hydrogen) atoms. The Hall–Kier alpha value is -1.38. The van der Waals surface area contributed by atoms with Crippen LogP contribution in [0.15, 0.2) is 30.3 Å². The molecule has 3 heteroatoms. The molecule has 1 aromatic rings. The predicted molar refractivity (Wildman–Crippen MR) is 33.1 cm³/mol. The van der Waals surface area contributed by atoms with Crippen LogP contribution < -0.4 is 0 Å². The van der Waals surface area contributed by atoms with Crippen molar-refractivity contribution in [3.63, 3.8) is 0 Å². The highest BCUT2D eigenvalue weighted by atomic mass is 16.6. The lowest BCUT2D eigenvalue weighted by Crippen LogP contribution is -1.84. The van der Waals surface area contributed by atoms with E-state index in [4.69, 9.17) is 4.11 Å².